The summed E-state index contributed by atoms with van der Waals surface area (Å²) in [5, 5.41) is 9.45. The largest absolute Gasteiger partial charge is 0.383 e. The number of nitriles is 1. The number of benzene rings is 2. The van der Waals surface area contributed by atoms with Crippen LogP contribution < -0.4 is 5.73 Å². The first-order valence-electron chi connectivity index (χ1n) is 7.12. The Morgan fingerprint density at radius 2 is 1.78 bits per heavy atom. The molecule has 3 aromatic rings. The van der Waals surface area contributed by atoms with Gasteiger partial charge < -0.3 is 5.73 Å². The smallest absolute Gasteiger partial charge is 0.142 e. The number of anilines is 1. The Bertz CT molecular complexity index is 926. The summed E-state index contributed by atoms with van der Waals surface area (Å²) in [7, 11) is 0. The minimum absolute atomic E-state index is 0.251. The van der Waals surface area contributed by atoms with Gasteiger partial charge in [0.1, 0.15) is 17.5 Å². The summed E-state index contributed by atoms with van der Waals surface area (Å²) in [6, 6.07) is 20.0. The zero-order chi connectivity index (χ0) is 16.4. The van der Waals surface area contributed by atoms with E-state index in [2.05, 4.69) is 33.0 Å². The first kappa shape index (κ1) is 15.3. The average molecular weight is 364 g/mol. The van der Waals surface area contributed by atoms with E-state index in [-0.39, 0.29) is 5.82 Å². The highest BCUT2D eigenvalue weighted by atomic mass is 79.9. The van der Waals surface area contributed by atoms with Crippen LogP contribution in [-0.2, 0) is 0 Å². The number of nitrogens with two attached hydrogens (primary N) is 1. The second-order valence-electron chi connectivity index (χ2n) is 5.31. The number of nitrogen functional groups attached to an aromatic ring is 1. The molecule has 0 aliphatic carbocycles. The summed E-state index contributed by atoms with van der Waals surface area (Å²) in [6.07, 6.45) is 0. The molecule has 4 heteroatoms. The van der Waals surface area contributed by atoms with Crippen molar-refractivity contribution in [1.29, 1.82) is 5.26 Å². The van der Waals surface area contributed by atoms with Gasteiger partial charge in [0.25, 0.3) is 0 Å². The lowest BCUT2D eigenvalue weighted by Gasteiger charge is -2.11. The van der Waals surface area contributed by atoms with E-state index in [0.29, 0.717) is 5.56 Å². The molecule has 0 fully saturated rings. The normalized spacial score (nSPS) is 10.3. The Balaban J connectivity index is 2.25. The third kappa shape index (κ3) is 3.10. The molecule has 0 radical (unpaired) electrons. The van der Waals surface area contributed by atoms with Gasteiger partial charge in [-0.25, -0.2) is 4.98 Å². The first-order valence-corrected chi connectivity index (χ1v) is 7.91. The molecule has 3 nitrogen and oxygen atoms in total. The lowest BCUT2D eigenvalue weighted by Crippen LogP contribution is -1.99. The first-order chi connectivity index (χ1) is 11.1. The van der Waals surface area contributed by atoms with E-state index < -0.39 is 0 Å². The minimum Gasteiger partial charge on any atom is -0.383 e. The van der Waals surface area contributed by atoms with E-state index in [0.717, 1.165) is 32.4 Å². The minimum atomic E-state index is 0.251. The zero-order valence-electron chi connectivity index (χ0n) is 12.5. The van der Waals surface area contributed by atoms with Gasteiger partial charge in [0.15, 0.2) is 0 Å². The Morgan fingerprint density at radius 3 is 2.48 bits per heavy atom. The number of aromatic nitrogens is 1. The van der Waals surface area contributed by atoms with Gasteiger partial charge in [0, 0.05) is 15.6 Å². The highest BCUT2D eigenvalue weighted by Gasteiger charge is 2.13. The summed E-state index contributed by atoms with van der Waals surface area (Å²) in [5.74, 6) is 0.251. The number of rotatable bonds is 2. The van der Waals surface area contributed by atoms with Crippen molar-refractivity contribution in [2.24, 2.45) is 0 Å². The van der Waals surface area contributed by atoms with E-state index in [9.17, 15) is 5.26 Å². The van der Waals surface area contributed by atoms with Crippen LogP contribution >= 0.6 is 15.9 Å². The van der Waals surface area contributed by atoms with Crippen molar-refractivity contribution in [1.82, 2.24) is 4.98 Å². The number of aryl methyl sites for hydroxylation is 1. The van der Waals surface area contributed by atoms with Gasteiger partial charge >= 0.3 is 0 Å². The molecule has 2 N–H and O–H groups in total. The predicted molar refractivity (Wildman–Crippen MR) is 96.7 cm³/mol. The molecule has 0 amide bonds. The third-order valence-corrected chi connectivity index (χ3v) is 4.10. The Hall–Kier alpha value is -2.64. The highest BCUT2D eigenvalue weighted by Crippen LogP contribution is 2.32. The standard InChI is InChI=1S/C19H14BrN3/c1-12-4-2-6-14(8-12)18-10-16(17(11-21)19(22)23-18)13-5-3-7-15(20)9-13/h2-10H,1H3,(H2,22,23). The monoisotopic (exact) mass is 363 g/mol. The van der Waals surface area contributed by atoms with Crippen LogP contribution in [-0.4, -0.2) is 4.98 Å². The van der Waals surface area contributed by atoms with Gasteiger partial charge in [-0.05, 0) is 36.8 Å². The third-order valence-electron chi connectivity index (χ3n) is 3.61. The lowest BCUT2D eigenvalue weighted by atomic mass is 9.98. The zero-order valence-corrected chi connectivity index (χ0v) is 14.1. The Labute approximate surface area is 143 Å². The fraction of sp³-hybridized carbons (Fsp3) is 0.0526. The molecule has 0 aliphatic heterocycles. The van der Waals surface area contributed by atoms with Gasteiger partial charge in [-0.3, -0.25) is 0 Å². The fourth-order valence-electron chi connectivity index (χ4n) is 2.52. The number of hydrogen-bond donors (Lipinski definition) is 1. The maximum Gasteiger partial charge on any atom is 0.142 e. The summed E-state index contributed by atoms with van der Waals surface area (Å²) in [5.41, 5.74) is 11.1. The van der Waals surface area contributed by atoms with Crippen molar-refractivity contribution in [2.45, 2.75) is 6.92 Å². The molecule has 3 rings (SSSR count). The number of halogens is 1. The Kier molecular flexibility index (Phi) is 4.14. The van der Waals surface area contributed by atoms with Crippen molar-refractivity contribution in [3.63, 3.8) is 0 Å². The number of pyridine rings is 1. The average Bonchev–Trinajstić information content (AvgIpc) is 2.54. The maximum atomic E-state index is 9.45. The summed E-state index contributed by atoms with van der Waals surface area (Å²) in [4.78, 5) is 4.41. The van der Waals surface area contributed by atoms with Gasteiger partial charge in [0.2, 0.25) is 0 Å². The van der Waals surface area contributed by atoms with E-state index in [4.69, 9.17) is 5.73 Å². The summed E-state index contributed by atoms with van der Waals surface area (Å²) >= 11 is 3.47. The van der Waals surface area contributed by atoms with Crippen LogP contribution in [0.4, 0.5) is 5.82 Å². The van der Waals surface area contributed by atoms with Gasteiger partial charge in [-0.1, -0.05) is 51.8 Å². The second kappa shape index (κ2) is 6.23. The van der Waals surface area contributed by atoms with Crippen molar-refractivity contribution >= 4 is 21.7 Å². The second-order valence-corrected chi connectivity index (χ2v) is 6.22. The molecule has 0 saturated carbocycles. The van der Waals surface area contributed by atoms with Crippen LogP contribution in [0.2, 0.25) is 0 Å². The number of hydrogen-bond acceptors (Lipinski definition) is 3. The van der Waals surface area contributed by atoms with Crippen LogP contribution in [0.15, 0.2) is 59.1 Å². The van der Waals surface area contributed by atoms with Crippen LogP contribution in [0, 0.1) is 18.3 Å². The lowest BCUT2D eigenvalue weighted by molar-refractivity contribution is 1.30. The summed E-state index contributed by atoms with van der Waals surface area (Å²) in [6.45, 7) is 2.03. The molecule has 0 atom stereocenters. The quantitative estimate of drug-likeness (QED) is 0.701. The molecule has 0 bridgehead atoms. The molecule has 0 spiro atoms. The summed E-state index contributed by atoms with van der Waals surface area (Å²) < 4.78 is 0.950. The van der Waals surface area contributed by atoms with Crippen molar-refractivity contribution < 1.29 is 0 Å². The topological polar surface area (TPSA) is 62.7 Å². The van der Waals surface area contributed by atoms with Gasteiger partial charge in [-0.15, -0.1) is 0 Å². The molecule has 112 valence electrons. The van der Waals surface area contributed by atoms with Crippen LogP contribution in [0.3, 0.4) is 0 Å². The maximum absolute atomic E-state index is 9.45. The Morgan fingerprint density at radius 1 is 1.04 bits per heavy atom. The van der Waals surface area contributed by atoms with E-state index in [1.807, 2.05) is 55.5 Å². The molecule has 1 heterocycles. The highest BCUT2D eigenvalue weighted by molar-refractivity contribution is 9.10. The molecular weight excluding hydrogens is 350 g/mol. The molecule has 0 aliphatic rings. The molecular formula is C19H14BrN3. The van der Waals surface area contributed by atoms with Crippen molar-refractivity contribution in [3.8, 4) is 28.5 Å². The molecule has 23 heavy (non-hydrogen) atoms. The van der Waals surface area contributed by atoms with Crippen LogP contribution in [0.25, 0.3) is 22.4 Å². The van der Waals surface area contributed by atoms with Crippen molar-refractivity contribution in [2.75, 3.05) is 5.73 Å². The molecule has 1 aromatic heterocycles. The van der Waals surface area contributed by atoms with E-state index in [1.165, 1.54) is 0 Å². The van der Waals surface area contributed by atoms with E-state index in [1.54, 1.807) is 0 Å². The predicted octanol–water partition coefficient (Wildman–Crippen LogP) is 4.94. The molecule has 0 saturated heterocycles. The van der Waals surface area contributed by atoms with Gasteiger partial charge in [0.05, 0.1) is 5.69 Å². The van der Waals surface area contributed by atoms with Crippen LogP contribution in [0.5, 0.6) is 0 Å². The SMILES string of the molecule is Cc1cccc(-c2cc(-c3cccc(Br)c3)c(C#N)c(N)n2)c1. The molecule has 0 unspecified atom stereocenters. The number of nitrogens with zero attached hydrogens (tertiary/aromatic N) is 2. The van der Waals surface area contributed by atoms with Crippen molar-refractivity contribution in [3.05, 3.63) is 70.2 Å². The molecule has 2 aromatic carbocycles. The fourth-order valence-corrected chi connectivity index (χ4v) is 2.92. The van der Waals surface area contributed by atoms with Crippen LogP contribution in [0.1, 0.15) is 11.1 Å². The van der Waals surface area contributed by atoms with E-state index >= 15 is 0 Å². The van der Waals surface area contributed by atoms with Gasteiger partial charge in [-0.2, -0.15) is 5.26 Å².